The molecule has 0 aromatic heterocycles. The second-order valence-corrected chi connectivity index (χ2v) is 8.86. The van der Waals surface area contributed by atoms with Crippen LogP contribution in [0.5, 0.6) is 5.75 Å². The van der Waals surface area contributed by atoms with Crippen LogP contribution in [0.25, 0.3) is 0 Å². The van der Waals surface area contributed by atoms with Gasteiger partial charge in [0.1, 0.15) is 11.4 Å². The van der Waals surface area contributed by atoms with Gasteiger partial charge >= 0.3 is 0 Å². The molecule has 1 N–H and O–H groups in total. The number of carbonyl (C=O) groups excluding carboxylic acids is 1. The number of amides is 1. The number of fused-ring (bicyclic) bond motifs is 1. The zero-order valence-electron chi connectivity index (χ0n) is 16.0. The van der Waals surface area contributed by atoms with Crippen LogP contribution in [0.2, 0.25) is 5.02 Å². The van der Waals surface area contributed by atoms with E-state index >= 15 is 0 Å². The molecule has 0 saturated heterocycles. The van der Waals surface area contributed by atoms with Crippen LogP contribution in [0.15, 0.2) is 53.4 Å². The van der Waals surface area contributed by atoms with Crippen molar-refractivity contribution >= 4 is 29.3 Å². The Morgan fingerprint density at radius 2 is 1.89 bits per heavy atom. The maximum absolute atomic E-state index is 12.9. The quantitative estimate of drug-likeness (QED) is 0.599. The largest absolute Gasteiger partial charge is 0.487 e. The summed E-state index contributed by atoms with van der Waals surface area (Å²) >= 11 is 7.48. The van der Waals surface area contributed by atoms with Gasteiger partial charge in [0.2, 0.25) is 5.91 Å². The number of para-hydroxylation sites is 1. The van der Waals surface area contributed by atoms with E-state index in [2.05, 4.69) is 19.2 Å². The van der Waals surface area contributed by atoms with E-state index < -0.39 is 0 Å². The first kappa shape index (κ1) is 20.1. The van der Waals surface area contributed by atoms with Crippen molar-refractivity contribution in [1.29, 1.82) is 0 Å². The van der Waals surface area contributed by atoms with E-state index in [4.69, 9.17) is 16.3 Å². The van der Waals surface area contributed by atoms with Gasteiger partial charge in [0.15, 0.2) is 0 Å². The molecule has 3 rings (SSSR count). The minimum atomic E-state index is -0.223. The van der Waals surface area contributed by atoms with Crippen molar-refractivity contribution < 1.29 is 9.53 Å². The molecule has 2 atom stereocenters. The third-order valence-electron chi connectivity index (χ3n) is 5.30. The van der Waals surface area contributed by atoms with Crippen molar-refractivity contribution in [3.63, 3.8) is 0 Å². The molecule has 27 heavy (non-hydrogen) atoms. The van der Waals surface area contributed by atoms with Crippen molar-refractivity contribution in [2.75, 3.05) is 0 Å². The summed E-state index contributed by atoms with van der Waals surface area (Å²) < 4.78 is 6.33. The Balaban J connectivity index is 1.74. The monoisotopic (exact) mass is 403 g/mol. The van der Waals surface area contributed by atoms with E-state index in [1.54, 1.807) is 0 Å². The number of thioether (sulfide) groups is 1. The summed E-state index contributed by atoms with van der Waals surface area (Å²) in [5.41, 5.74) is 0.839. The number of ether oxygens (including phenoxy) is 1. The highest BCUT2D eigenvalue weighted by atomic mass is 35.5. The van der Waals surface area contributed by atoms with E-state index in [-0.39, 0.29) is 22.8 Å². The third kappa shape index (κ3) is 4.61. The lowest BCUT2D eigenvalue weighted by molar-refractivity contribution is -0.121. The highest BCUT2D eigenvalue weighted by Gasteiger charge is 2.39. The van der Waals surface area contributed by atoms with Gasteiger partial charge in [-0.15, -0.1) is 11.8 Å². The van der Waals surface area contributed by atoms with Crippen molar-refractivity contribution in [3.8, 4) is 5.75 Å². The number of benzene rings is 2. The Hall–Kier alpha value is -1.65. The summed E-state index contributed by atoms with van der Waals surface area (Å²) in [5.74, 6) is 0.925. The molecular weight excluding hydrogens is 378 g/mol. The SMILES string of the molecule is CCC1(CC)C[C@@H](NC(=O)[C@H](C)Sc2ccc(Cl)cc2)c2ccccc2O1. The van der Waals surface area contributed by atoms with Gasteiger partial charge in [-0.3, -0.25) is 4.79 Å². The highest BCUT2D eigenvalue weighted by molar-refractivity contribution is 8.00. The lowest BCUT2D eigenvalue weighted by Gasteiger charge is -2.42. The Morgan fingerprint density at radius 1 is 1.22 bits per heavy atom. The smallest absolute Gasteiger partial charge is 0.233 e. The molecule has 1 heterocycles. The topological polar surface area (TPSA) is 38.3 Å². The third-order valence-corrected chi connectivity index (χ3v) is 6.66. The number of hydrogen-bond acceptors (Lipinski definition) is 3. The Labute approximate surface area is 170 Å². The number of halogens is 1. The van der Waals surface area contributed by atoms with Gasteiger partial charge in [0.05, 0.1) is 11.3 Å². The standard InChI is InChI=1S/C22H26ClNO2S/c1-4-22(5-2)14-19(18-8-6-7-9-20(18)26-22)24-21(25)15(3)27-17-12-10-16(23)11-13-17/h6-13,15,19H,4-5,14H2,1-3H3,(H,24,25)/t15-,19+/m0/s1. The molecule has 5 heteroatoms. The number of rotatable bonds is 6. The molecule has 1 amide bonds. The molecular formula is C22H26ClNO2S. The molecule has 0 fully saturated rings. The van der Waals surface area contributed by atoms with E-state index in [0.717, 1.165) is 35.5 Å². The summed E-state index contributed by atoms with van der Waals surface area (Å²) in [5, 5.41) is 3.77. The average molecular weight is 404 g/mol. The molecule has 1 aliphatic heterocycles. The molecule has 0 spiro atoms. The van der Waals surface area contributed by atoms with Gasteiger partial charge in [-0.2, -0.15) is 0 Å². The summed E-state index contributed by atoms with van der Waals surface area (Å²) in [4.78, 5) is 13.9. The minimum absolute atomic E-state index is 0.0318. The van der Waals surface area contributed by atoms with Crippen LogP contribution in [0.4, 0.5) is 0 Å². The maximum Gasteiger partial charge on any atom is 0.233 e. The van der Waals surface area contributed by atoms with Crippen molar-refractivity contribution in [1.82, 2.24) is 5.32 Å². The molecule has 0 bridgehead atoms. The Morgan fingerprint density at radius 3 is 2.56 bits per heavy atom. The predicted octanol–water partition coefficient (Wildman–Crippen LogP) is 6.02. The highest BCUT2D eigenvalue weighted by Crippen LogP contribution is 2.42. The summed E-state index contributed by atoms with van der Waals surface area (Å²) in [6.07, 6.45) is 2.62. The molecule has 0 radical (unpaired) electrons. The molecule has 2 aromatic rings. The van der Waals surface area contributed by atoms with E-state index in [1.807, 2.05) is 55.5 Å². The number of hydrogen-bond donors (Lipinski definition) is 1. The summed E-state index contributed by atoms with van der Waals surface area (Å²) in [6.45, 7) is 6.23. The molecule has 1 aliphatic rings. The van der Waals surface area contributed by atoms with Gasteiger partial charge in [0.25, 0.3) is 0 Å². The zero-order valence-corrected chi connectivity index (χ0v) is 17.6. The zero-order chi connectivity index (χ0) is 19.4. The lowest BCUT2D eigenvalue weighted by atomic mass is 9.83. The number of carbonyl (C=O) groups is 1. The molecule has 0 saturated carbocycles. The lowest BCUT2D eigenvalue weighted by Crippen LogP contribution is -2.45. The van der Waals surface area contributed by atoms with Crippen LogP contribution in [0, 0.1) is 0 Å². The second-order valence-electron chi connectivity index (χ2n) is 7.01. The first-order valence-corrected chi connectivity index (χ1v) is 10.7. The van der Waals surface area contributed by atoms with Gasteiger partial charge in [0, 0.05) is 21.9 Å². The first-order chi connectivity index (χ1) is 13.0. The van der Waals surface area contributed by atoms with Crippen LogP contribution < -0.4 is 10.1 Å². The summed E-state index contributed by atoms with van der Waals surface area (Å²) in [7, 11) is 0. The fraction of sp³-hybridized carbons (Fsp3) is 0.409. The van der Waals surface area contributed by atoms with Gasteiger partial charge in [-0.25, -0.2) is 0 Å². The van der Waals surface area contributed by atoms with Gasteiger partial charge < -0.3 is 10.1 Å². The molecule has 0 unspecified atom stereocenters. The molecule has 144 valence electrons. The van der Waals surface area contributed by atoms with Crippen molar-refractivity contribution in [2.45, 2.75) is 61.8 Å². The molecule has 0 aliphatic carbocycles. The average Bonchev–Trinajstić information content (AvgIpc) is 2.69. The van der Waals surface area contributed by atoms with Gasteiger partial charge in [-0.05, 0) is 50.1 Å². The van der Waals surface area contributed by atoms with E-state index in [0.29, 0.717) is 5.02 Å². The van der Waals surface area contributed by atoms with Crippen LogP contribution in [0.3, 0.4) is 0 Å². The molecule has 3 nitrogen and oxygen atoms in total. The van der Waals surface area contributed by atoms with Crippen LogP contribution >= 0.6 is 23.4 Å². The van der Waals surface area contributed by atoms with Crippen LogP contribution in [0.1, 0.15) is 51.6 Å². The Bertz CT molecular complexity index is 789. The van der Waals surface area contributed by atoms with Gasteiger partial charge in [-0.1, -0.05) is 43.6 Å². The fourth-order valence-corrected chi connectivity index (χ4v) is 4.49. The van der Waals surface area contributed by atoms with Crippen LogP contribution in [-0.2, 0) is 4.79 Å². The van der Waals surface area contributed by atoms with E-state index in [9.17, 15) is 4.79 Å². The van der Waals surface area contributed by atoms with Crippen molar-refractivity contribution in [2.24, 2.45) is 0 Å². The van der Waals surface area contributed by atoms with Crippen LogP contribution in [-0.4, -0.2) is 16.8 Å². The predicted molar refractivity (Wildman–Crippen MR) is 113 cm³/mol. The number of nitrogens with one attached hydrogen (secondary N) is 1. The Kier molecular flexibility index (Phi) is 6.38. The fourth-order valence-electron chi connectivity index (χ4n) is 3.49. The second kappa shape index (κ2) is 8.57. The maximum atomic E-state index is 12.9. The van der Waals surface area contributed by atoms with E-state index in [1.165, 1.54) is 11.8 Å². The normalized spacial score (nSPS) is 18.9. The first-order valence-electron chi connectivity index (χ1n) is 9.47. The minimum Gasteiger partial charge on any atom is -0.487 e. The molecule has 2 aromatic carbocycles. The van der Waals surface area contributed by atoms with Crippen molar-refractivity contribution in [3.05, 3.63) is 59.1 Å². The summed E-state index contributed by atoms with van der Waals surface area (Å²) in [6, 6.07) is 15.6.